The number of ether oxygens (including phenoxy) is 1. The van der Waals surface area contributed by atoms with Gasteiger partial charge in [0.25, 0.3) is 5.91 Å². The second kappa shape index (κ2) is 10.5. The fourth-order valence-corrected chi connectivity index (χ4v) is 6.06. The van der Waals surface area contributed by atoms with E-state index in [4.69, 9.17) is 4.74 Å². The molecule has 1 saturated heterocycles. The van der Waals surface area contributed by atoms with Gasteiger partial charge in [0.05, 0.1) is 24.4 Å². The van der Waals surface area contributed by atoms with Crippen LogP contribution in [0.1, 0.15) is 64.9 Å². The van der Waals surface area contributed by atoms with Crippen molar-refractivity contribution in [3.05, 3.63) is 59.2 Å². The van der Waals surface area contributed by atoms with Gasteiger partial charge in [0.15, 0.2) is 0 Å². The molecule has 0 aromatic heterocycles. The lowest BCUT2D eigenvalue weighted by atomic mass is 9.63. The molecule has 2 heterocycles. The molecule has 1 fully saturated rings. The zero-order chi connectivity index (χ0) is 25.2. The maximum atomic E-state index is 13.8. The first kappa shape index (κ1) is 25.4. The van der Waals surface area contributed by atoms with E-state index in [2.05, 4.69) is 12.2 Å². The lowest BCUT2D eigenvalue weighted by molar-refractivity contribution is -0.180. The Hall–Kier alpha value is -2.73. The van der Waals surface area contributed by atoms with Gasteiger partial charge in [0.2, 0.25) is 5.60 Å². The summed E-state index contributed by atoms with van der Waals surface area (Å²) in [5.41, 5.74) is 1.21. The largest absolute Gasteiger partial charge is 0.447 e. The van der Waals surface area contributed by atoms with Crippen molar-refractivity contribution in [2.75, 3.05) is 0 Å². The average molecular weight is 480 g/mol. The standard InChI is InChI=1S/C29H37NO5/c1-18-9-7-13-22(31)15-16-25(32)35-29-23(14-8-10-18)27(33)20(3)19(2)26(29)24(30-28(29)34)17-21-11-5-4-6-12-21/h4-6,8,11-12,14,18,23-24,26-27,33H,7,9-10,13,15-17H2,1-3H3,(H,30,34)/b14-8+/t18-,23+,24+,26+,27-,29-/m1/s1. The Morgan fingerprint density at radius 1 is 1.06 bits per heavy atom. The SMILES string of the molecule is CC1=C(C)[C@H]2[C@H](Cc3ccccc3)NC(=O)[C@]23OC(=O)CCC(=O)CCC[C@@H](C)C/C=C/[C@H]3[C@@H]1O. The number of amides is 1. The minimum Gasteiger partial charge on any atom is -0.447 e. The molecule has 3 aliphatic rings. The number of aliphatic hydroxyl groups is 1. The van der Waals surface area contributed by atoms with E-state index < -0.39 is 29.5 Å². The van der Waals surface area contributed by atoms with E-state index in [1.54, 1.807) is 0 Å². The van der Waals surface area contributed by atoms with Gasteiger partial charge in [-0.25, -0.2) is 0 Å². The third kappa shape index (κ3) is 4.99. The summed E-state index contributed by atoms with van der Waals surface area (Å²) in [6.07, 6.45) is 6.52. The first-order chi connectivity index (χ1) is 16.7. The molecule has 0 unspecified atom stereocenters. The van der Waals surface area contributed by atoms with Crippen LogP contribution in [0.3, 0.4) is 0 Å². The predicted molar refractivity (Wildman–Crippen MR) is 133 cm³/mol. The Balaban J connectivity index is 1.78. The van der Waals surface area contributed by atoms with Crippen LogP contribution < -0.4 is 5.32 Å². The molecular formula is C29H37NO5. The van der Waals surface area contributed by atoms with E-state index >= 15 is 0 Å². The molecule has 0 saturated carbocycles. The maximum absolute atomic E-state index is 13.8. The van der Waals surface area contributed by atoms with E-state index in [1.807, 2.05) is 56.3 Å². The number of nitrogens with one attached hydrogen (secondary N) is 1. The van der Waals surface area contributed by atoms with Crippen LogP contribution in [0.4, 0.5) is 0 Å². The lowest BCUT2D eigenvalue weighted by Crippen LogP contribution is -2.59. The van der Waals surface area contributed by atoms with Crippen LogP contribution in [0, 0.1) is 17.8 Å². The number of hydrogen-bond donors (Lipinski definition) is 2. The number of allylic oxidation sites excluding steroid dienone is 1. The van der Waals surface area contributed by atoms with Gasteiger partial charge in [-0.15, -0.1) is 0 Å². The molecule has 1 aliphatic carbocycles. The Morgan fingerprint density at radius 2 is 1.80 bits per heavy atom. The monoisotopic (exact) mass is 479 g/mol. The Kier molecular flexibility index (Phi) is 7.60. The maximum Gasteiger partial charge on any atom is 0.307 e. The number of hydrogen-bond acceptors (Lipinski definition) is 5. The van der Waals surface area contributed by atoms with Crippen LogP contribution in [0.5, 0.6) is 0 Å². The molecule has 188 valence electrons. The highest BCUT2D eigenvalue weighted by molar-refractivity contribution is 5.93. The summed E-state index contributed by atoms with van der Waals surface area (Å²) in [6, 6.07) is 9.63. The van der Waals surface area contributed by atoms with E-state index in [0.29, 0.717) is 18.8 Å². The Bertz CT molecular complexity index is 1030. The minimum absolute atomic E-state index is 0.0424. The number of aliphatic hydroxyl groups excluding tert-OH is 1. The van der Waals surface area contributed by atoms with Crippen molar-refractivity contribution in [3.8, 4) is 0 Å². The molecule has 35 heavy (non-hydrogen) atoms. The summed E-state index contributed by atoms with van der Waals surface area (Å²) in [5, 5.41) is 14.5. The van der Waals surface area contributed by atoms with Crippen LogP contribution in [0.2, 0.25) is 0 Å². The van der Waals surface area contributed by atoms with Crippen molar-refractivity contribution in [1.82, 2.24) is 5.32 Å². The lowest BCUT2D eigenvalue weighted by Gasteiger charge is -2.46. The van der Waals surface area contributed by atoms with E-state index in [9.17, 15) is 19.5 Å². The van der Waals surface area contributed by atoms with Crippen LogP contribution in [-0.2, 0) is 25.5 Å². The fraction of sp³-hybridized carbons (Fsp3) is 0.552. The normalized spacial score (nSPS) is 35.4. The minimum atomic E-state index is -1.55. The van der Waals surface area contributed by atoms with Crippen molar-refractivity contribution >= 4 is 17.7 Å². The highest BCUT2D eigenvalue weighted by Gasteiger charge is 2.66. The van der Waals surface area contributed by atoms with Gasteiger partial charge in [-0.1, -0.05) is 55.0 Å². The Labute approximate surface area is 207 Å². The summed E-state index contributed by atoms with van der Waals surface area (Å²) in [7, 11) is 0. The molecule has 1 spiro atoms. The summed E-state index contributed by atoms with van der Waals surface area (Å²) in [5.74, 6) is -1.64. The first-order valence-electron chi connectivity index (χ1n) is 12.8. The smallest absolute Gasteiger partial charge is 0.307 e. The molecule has 6 nitrogen and oxygen atoms in total. The molecule has 0 radical (unpaired) electrons. The summed E-state index contributed by atoms with van der Waals surface area (Å²) in [6.45, 7) is 5.96. The van der Waals surface area contributed by atoms with Gasteiger partial charge in [-0.05, 0) is 56.6 Å². The van der Waals surface area contributed by atoms with E-state index in [-0.39, 0.29) is 30.6 Å². The summed E-state index contributed by atoms with van der Waals surface area (Å²) < 4.78 is 6.11. The second-order valence-corrected chi connectivity index (χ2v) is 10.6. The van der Waals surface area contributed by atoms with Crippen molar-refractivity contribution < 1.29 is 24.2 Å². The molecule has 0 bridgehead atoms. The van der Waals surface area contributed by atoms with Crippen molar-refractivity contribution in [2.24, 2.45) is 17.8 Å². The highest BCUT2D eigenvalue weighted by Crippen LogP contribution is 2.50. The fourth-order valence-electron chi connectivity index (χ4n) is 6.06. The zero-order valence-electron chi connectivity index (χ0n) is 21.0. The van der Waals surface area contributed by atoms with Crippen LogP contribution in [-0.4, -0.2) is 40.5 Å². The molecule has 2 aliphatic heterocycles. The highest BCUT2D eigenvalue weighted by atomic mass is 16.6. The van der Waals surface area contributed by atoms with Crippen molar-refractivity contribution in [1.29, 1.82) is 0 Å². The van der Waals surface area contributed by atoms with Gasteiger partial charge in [-0.2, -0.15) is 0 Å². The van der Waals surface area contributed by atoms with Gasteiger partial charge in [0.1, 0.15) is 5.78 Å². The topological polar surface area (TPSA) is 92.7 Å². The molecule has 1 amide bonds. The number of benzene rings is 1. The van der Waals surface area contributed by atoms with Gasteiger partial charge in [-0.3, -0.25) is 14.4 Å². The summed E-state index contributed by atoms with van der Waals surface area (Å²) >= 11 is 0. The van der Waals surface area contributed by atoms with Crippen LogP contribution in [0.15, 0.2) is 53.6 Å². The average Bonchev–Trinajstić information content (AvgIpc) is 3.09. The van der Waals surface area contributed by atoms with E-state index in [1.165, 1.54) is 0 Å². The van der Waals surface area contributed by atoms with Crippen molar-refractivity contribution in [3.63, 3.8) is 0 Å². The van der Waals surface area contributed by atoms with Crippen molar-refractivity contribution in [2.45, 2.75) is 83.5 Å². The van der Waals surface area contributed by atoms with Crippen LogP contribution in [0.25, 0.3) is 0 Å². The second-order valence-electron chi connectivity index (χ2n) is 10.6. The molecule has 6 atom stereocenters. The van der Waals surface area contributed by atoms with E-state index in [0.717, 1.165) is 36.0 Å². The van der Waals surface area contributed by atoms with Gasteiger partial charge >= 0.3 is 5.97 Å². The number of ketones is 1. The number of esters is 1. The number of carbonyl (C=O) groups is 3. The van der Waals surface area contributed by atoms with Gasteiger partial charge < -0.3 is 15.2 Å². The third-order valence-corrected chi connectivity index (χ3v) is 8.13. The first-order valence-corrected chi connectivity index (χ1v) is 12.8. The molecule has 6 heteroatoms. The number of rotatable bonds is 2. The molecule has 1 aromatic carbocycles. The van der Waals surface area contributed by atoms with Crippen LogP contribution >= 0.6 is 0 Å². The number of Topliss-reactive ketones (excluding diaryl/α,β-unsaturated/α-hetero) is 1. The quantitative estimate of drug-likeness (QED) is 0.493. The van der Waals surface area contributed by atoms with Gasteiger partial charge in [0, 0.05) is 18.9 Å². The molecule has 1 aromatic rings. The third-order valence-electron chi connectivity index (χ3n) is 8.13. The predicted octanol–water partition coefficient (Wildman–Crippen LogP) is 4.07. The Morgan fingerprint density at radius 3 is 2.54 bits per heavy atom. The molecule has 2 N–H and O–H groups in total. The number of carbonyl (C=O) groups excluding carboxylic acids is 3. The summed E-state index contributed by atoms with van der Waals surface area (Å²) in [4.78, 5) is 39.2. The molecular weight excluding hydrogens is 442 g/mol. The molecule has 4 rings (SSSR count). The zero-order valence-corrected chi connectivity index (χ0v) is 21.0.